The van der Waals surface area contributed by atoms with Crippen LogP contribution in [0.5, 0.6) is 0 Å². The third-order valence-corrected chi connectivity index (χ3v) is 4.67. The Labute approximate surface area is 101 Å². The second-order valence-electron chi connectivity index (χ2n) is 4.97. The summed E-state index contributed by atoms with van der Waals surface area (Å²) in [5.41, 5.74) is 3.60. The fourth-order valence-corrected chi connectivity index (χ4v) is 3.53. The molecule has 0 bridgehead atoms. The molecular weight excluding hydrogens is 248 g/mol. The summed E-state index contributed by atoms with van der Waals surface area (Å²) >= 11 is 3.56. The maximum Gasteiger partial charge on any atom is 0.0178 e. The van der Waals surface area contributed by atoms with E-state index in [1.54, 1.807) is 11.1 Å². The molecule has 0 spiro atoms. The highest BCUT2D eigenvalue weighted by Crippen LogP contribution is 2.47. The van der Waals surface area contributed by atoms with Crippen molar-refractivity contribution in [2.45, 2.75) is 45.4 Å². The second-order valence-corrected chi connectivity index (χ2v) is 5.88. The first-order valence-electron chi connectivity index (χ1n) is 5.89. The molecule has 0 heterocycles. The first-order chi connectivity index (χ1) is 7.10. The Bertz CT molecular complexity index is 368. The molecule has 0 N–H and O–H groups in total. The third kappa shape index (κ3) is 1.65. The summed E-state index contributed by atoms with van der Waals surface area (Å²) in [6.45, 7) is 7.05. The number of hydrogen-bond acceptors (Lipinski definition) is 0. The Morgan fingerprint density at radius 2 is 2.13 bits per heavy atom. The summed E-state index contributed by atoms with van der Waals surface area (Å²) in [6, 6.07) is 6.82. The fourth-order valence-electron chi connectivity index (χ4n) is 3.12. The van der Waals surface area contributed by atoms with E-state index in [9.17, 15) is 0 Å². The van der Waals surface area contributed by atoms with Gasteiger partial charge >= 0.3 is 0 Å². The molecule has 1 heteroatoms. The lowest BCUT2D eigenvalue weighted by Crippen LogP contribution is -2.28. The Balaban J connectivity index is 2.51. The predicted molar refractivity (Wildman–Crippen MR) is 69.3 cm³/mol. The normalized spacial score (nSPS) is 24.6. The molecule has 0 fully saturated rings. The molecule has 1 aromatic carbocycles. The van der Waals surface area contributed by atoms with E-state index < -0.39 is 0 Å². The molecule has 1 aromatic rings. The Hall–Kier alpha value is -0.300. The minimum Gasteiger partial charge on any atom is -0.0645 e. The Morgan fingerprint density at radius 3 is 2.73 bits per heavy atom. The average Bonchev–Trinajstić information content (AvgIpc) is 2.56. The summed E-state index contributed by atoms with van der Waals surface area (Å²) in [7, 11) is 0. The van der Waals surface area contributed by atoms with Crippen molar-refractivity contribution in [2.75, 3.05) is 0 Å². The van der Waals surface area contributed by atoms with Gasteiger partial charge in [-0.3, -0.25) is 0 Å². The van der Waals surface area contributed by atoms with E-state index in [-0.39, 0.29) is 0 Å². The molecule has 1 aliphatic carbocycles. The quantitative estimate of drug-likeness (QED) is 0.728. The van der Waals surface area contributed by atoms with Gasteiger partial charge in [0.2, 0.25) is 0 Å². The molecule has 2 rings (SSSR count). The summed E-state index contributed by atoms with van der Waals surface area (Å²) in [5, 5.41) is 0. The van der Waals surface area contributed by atoms with E-state index in [0.29, 0.717) is 5.41 Å². The van der Waals surface area contributed by atoms with Gasteiger partial charge in [0.05, 0.1) is 0 Å². The lowest BCUT2D eigenvalue weighted by atomic mass is 9.71. The fraction of sp³-hybridized carbons (Fsp3) is 0.571. The molecule has 15 heavy (non-hydrogen) atoms. The molecule has 82 valence electrons. The van der Waals surface area contributed by atoms with Crippen LogP contribution in [-0.2, 0) is 11.8 Å². The number of halogens is 1. The van der Waals surface area contributed by atoms with Gasteiger partial charge in [-0.2, -0.15) is 0 Å². The average molecular weight is 267 g/mol. The van der Waals surface area contributed by atoms with Crippen molar-refractivity contribution < 1.29 is 0 Å². The van der Waals surface area contributed by atoms with E-state index in [1.807, 2.05) is 0 Å². The number of aryl methyl sites for hydroxylation is 1. The van der Waals surface area contributed by atoms with Gasteiger partial charge < -0.3 is 0 Å². The lowest BCUT2D eigenvalue weighted by Gasteiger charge is -2.33. The highest BCUT2D eigenvalue weighted by atomic mass is 79.9. The van der Waals surface area contributed by atoms with Gasteiger partial charge in [-0.15, -0.1) is 0 Å². The maximum atomic E-state index is 3.56. The third-order valence-electron chi connectivity index (χ3n) is 4.18. The first-order valence-corrected chi connectivity index (χ1v) is 6.68. The summed E-state index contributed by atoms with van der Waals surface area (Å²) in [6.07, 6.45) is 3.84. The lowest BCUT2D eigenvalue weighted by molar-refractivity contribution is 0.294. The van der Waals surface area contributed by atoms with Gasteiger partial charge in [-0.1, -0.05) is 42.8 Å². The Kier molecular flexibility index (Phi) is 2.94. The van der Waals surface area contributed by atoms with Crippen molar-refractivity contribution in [2.24, 2.45) is 5.92 Å². The molecule has 0 aromatic heterocycles. The predicted octanol–water partition coefficient (Wildman–Crippen LogP) is 4.70. The highest BCUT2D eigenvalue weighted by Gasteiger charge is 2.39. The van der Waals surface area contributed by atoms with Crippen LogP contribution in [0.4, 0.5) is 0 Å². The van der Waals surface area contributed by atoms with Crippen molar-refractivity contribution in [3.05, 3.63) is 33.8 Å². The van der Waals surface area contributed by atoms with Crippen molar-refractivity contribution >= 4 is 15.9 Å². The molecule has 0 saturated carbocycles. The van der Waals surface area contributed by atoms with E-state index in [4.69, 9.17) is 0 Å². The monoisotopic (exact) mass is 266 g/mol. The number of benzene rings is 1. The van der Waals surface area contributed by atoms with Gasteiger partial charge in [-0.05, 0) is 53.9 Å². The van der Waals surface area contributed by atoms with Gasteiger partial charge in [0, 0.05) is 4.47 Å². The topological polar surface area (TPSA) is 0 Å². The van der Waals surface area contributed by atoms with Crippen LogP contribution in [0, 0.1) is 5.92 Å². The van der Waals surface area contributed by atoms with Crippen molar-refractivity contribution in [1.29, 1.82) is 0 Å². The highest BCUT2D eigenvalue weighted by molar-refractivity contribution is 9.10. The molecular formula is C14H19Br. The van der Waals surface area contributed by atoms with Crippen molar-refractivity contribution in [3.8, 4) is 0 Å². The molecule has 0 aliphatic heterocycles. The largest absolute Gasteiger partial charge is 0.0645 e. The van der Waals surface area contributed by atoms with Crippen LogP contribution in [0.3, 0.4) is 0 Å². The van der Waals surface area contributed by atoms with Crippen LogP contribution in [0.25, 0.3) is 0 Å². The SMILES string of the molecule is CCC1(C(C)C)CCc2cc(Br)ccc21. The van der Waals surface area contributed by atoms with Crippen LogP contribution < -0.4 is 0 Å². The zero-order valence-electron chi connectivity index (χ0n) is 9.81. The van der Waals surface area contributed by atoms with Crippen LogP contribution in [-0.4, -0.2) is 0 Å². The molecule has 0 nitrogen and oxygen atoms in total. The molecule has 1 atom stereocenters. The molecule has 0 saturated heterocycles. The first kappa shape index (κ1) is 11.2. The van der Waals surface area contributed by atoms with E-state index in [1.165, 1.54) is 23.7 Å². The van der Waals surface area contributed by atoms with Crippen LogP contribution in [0.15, 0.2) is 22.7 Å². The van der Waals surface area contributed by atoms with Gasteiger partial charge in [0.1, 0.15) is 0 Å². The Morgan fingerprint density at radius 1 is 1.40 bits per heavy atom. The smallest absolute Gasteiger partial charge is 0.0178 e. The molecule has 1 unspecified atom stereocenters. The van der Waals surface area contributed by atoms with E-state index in [0.717, 1.165) is 5.92 Å². The van der Waals surface area contributed by atoms with E-state index >= 15 is 0 Å². The van der Waals surface area contributed by atoms with Gasteiger partial charge in [0.15, 0.2) is 0 Å². The number of fused-ring (bicyclic) bond motifs is 1. The minimum absolute atomic E-state index is 0.441. The van der Waals surface area contributed by atoms with Gasteiger partial charge in [-0.25, -0.2) is 0 Å². The zero-order valence-corrected chi connectivity index (χ0v) is 11.4. The van der Waals surface area contributed by atoms with Gasteiger partial charge in [0.25, 0.3) is 0 Å². The number of hydrogen-bond donors (Lipinski definition) is 0. The van der Waals surface area contributed by atoms with Crippen LogP contribution in [0.1, 0.15) is 44.7 Å². The van der Waals surface area contributed by atoms with E-state index in [2.05, 4.69) is 54.9 Å². The second kappa shape index (κ2) is 3.93. The summed E-state index contributed by atoms with van der Waals surface area (Å²) < 4.78 is 1.22. The maximum absolute atomic E-state index is 3.56. The number of rotatable bonds is 2. The minimum atomic E-state index is 0.441. The molecule has 0 radical (unpaired) electrons. The standard InChI is InChI=1S/C14H19Br/c1-4-14(10(2)3)8-7-11-9-12(15)5-6-13(11)14/h5-6,9-10H,4,7-8H2,1-3H3. The van der Waals surface area contributed by atoms with Crippen molar-refractivity contribution in [3.63, 3.8) is 0 Å². The zero-order chi connectivity index (χ0) is 11.1. The molecule has 1 aliphatic rings. The van der Waals surface area contributed by atoms with Crippen LogP contribution >= 0.6 is 15.9 Å². The van der Waals surface area contributed by atoms with Crippen LogP contribution in [0.2, 0.25) is 0 Å². The summed E-state index contributed by atoms with van der Waals surface area (Å²) in [5.74, 6) is 0.741. The molecule has 0 amide bonds. The van der Waals surface area contributed by atoms with Crippen molar-refractivity contribution in [1.82, 2.24) is 0 Å². The summed E-state index contributed by atoms with van der Waals surface area (Å²) in [4.78, 5) is 0.